The molecule has 0 spiro atoms. The van der Waals surface area contributed by atoms with Crippen molar-refractivity contribution < 1.29 is 9.84 Å². The van der Waals surface area contributed by atoms with Gasteiger partial charge in [0.05, 0.1) is 29.4 Å². The Hall–Kier alpha value is -1.77. The topological polar surface area (TPSA) is 64.6 Å². The van der Waals surface area contributed by atoms with Crippen molar-refractivity contribution in [2.45, 2.75) is 32.6 Å². The monoisotopic (exact) mass is 414 g/mol. The van der Waals surface area contributed by atoms with E-state index in [2.05, 4.69) is 43.3 Å². The molecule has 156 valence electrons. The summed E-state index contributed by atoms with van der Waals surface area (Å²) in [6.45, 7) is 9.91. The SMILES string of the molecule is CC(C)OC[C@H](O)CN1CCN(Cc2c(-c3cccs3)[nH]c3ncccc23)CC1. The van der Waals surface area contributed by atoms with Crippen LogP contribution in [0.15, 0.2) is 35.8 Å². The van der Waals surface area contributed by atoms with Crippen molar-refractivity contribution in [3.05, 3.63) is 41.4 Å². The predicted octanol–water partition coefficient (Wildman–Crippen LogP) is 3.19. The number of aliphatic hydroxyl groups excluding tert-OH is 1. The zero-order valence-electron chi connectivity index (χ0n) is 17.2. The number of ether oxygens (including phenoxy) is 1. The maximum atomic E-state index is 10.2. The molecular formula is C22H30N4O2S. The number of piperazine rings is 1. The van der Waals surface area contributed by atoms with E-state index in [0.717, 1.165) is 38.4 Å². The Bertz CT molecular complexity index is 901. The molecule has 1 saturated heterocycles. The first-order valence-electron chi connectivity index (χ1n) is 10.3. The fourth-order valence-corrected chi connectivity index (χ4v) is 4.63. The Morgan fingerprint density at radius 1 is 1.17 bits per heavy atom. The number of nitrogens with zero attached hydrogens (tertiary/aromatic N) is 3. The number of hydrogen-bond donors (Lipinski definition) is 2. The highest BCUT2D eigenvalue weighted by molar-refractivity contribution is 7.13. The summed E-state index contributed by atoms with van der Waals surface area (Å²) in [6, 6.07) is 8.43. The van der Waals surface area contributed by atoms with Gasteiger partial charge in [-0.25, -0.2) is 4.98 Å². The minimum Gasteiger partial charge on any atom is -0.389 e. The molecule has 1 aliphatic heterocycles. The molecular weight excluding hydrogens is 384 g/mol. The molecule has 0 bridgehead atoms. The number of H-pyrrole nitrogens is 1. The lowest BCUT2D eigenvalue weighted by Gasteiger charge is -2.35. The Labute approximate surface area is 176 Å². The van der Waals surface area contributed by atoms with Gasteiger partial charge in [-0.2, -0.15) is 0 Å². The van der Waals surface area contributed by atoms with Gasteiger partial charge < -0.3 is 14.8 Å². The van der Waals surface area contributed by atoms with E-state index in [9.17, 15) is 5.11 Å². The van der Waals surface area contributed by atoms with Crippen LogP contribution >= 0.6 is 11.3 Å². The Morgan fingerprint density at radius 2 is 1.97 bits per heavy atom. The second kappa shape index (κ2) is 9.36. The minimum atomic E-state index is -0.422. The van der Waals surface area contributed by atoms with Gasteiger partial charge in [-0.05, 0) is 37.4 Å². The van der Waals surface area contributed by atoms with E-state index in [1.165, 1.54) is 21.5 Å². The number of rotatable bonds is 8. The molecule has 1 aliphatic rings. The van der Waals surface area contributed by atoms with Crippen molar-refractivity contribution in [2.24, 2.45) is 0 Å². The smallest absolute Gasteiger partial charge is 0.138 e. The number of aromatic nitrogens is 2. The number of β-amino-alcohol motifs (C(OH)–C–C–N with tert-alkyl or cyclic N) is 1. The first-order chi connectivity index (χ1) is 14.1. The third-order valence-electron chi connectivity index (χ3n) is 5.38. The van der Waals surface area contributed by atoms with Gasteiger partial charge in [0.25, 0.3) is 0 Å². The molecule has 0 saturated carbocycles. The van der Waals surface area contributed by atoms with E-state index >= 15 is 0 Å². The standard InChI is InChI=1S/C22H30N4O2S/c1-16(2)28-15-17(27)13-25-8-10-26(11-9-25)14-19-18-5-3-7-23-22(18)24-21(19)20-6-4-12-29-20/h3-7,12,16-17,27H,8-11,13-15H2,1-2H3,(H,23,24)/t17-/m1/s1. The summed E-state index contributed by atoms with van der Waals surface area (Å²) in [4.78, 5) is 14.1. The summed E-state index contributed by atoms with van der Waals surface area (Å²) in [5.74, 6) is 0. The van der Waals surface area contributed by atoms with Crippen LogP contribution in [0.1, 0.15) is 19.4 Å². The maximum absolute atomic E-state index is 10.2. The summed E-state index contributed by atoms with van der Waals surface area (Å²) >= 11 is 1.76. The lowest BCUT2D eigenvalue weighted by molar-refractivity contribution is -0.0148. The lowest BCUT2D eigenvalue weighted by atomic mass is 10.1. The van der Waals surface area contributed by atoms with E-state index in [0.29, 0.717) is 13.2 Å². The number of fused-ring (bicyclic) bond motifs is 1. The van der Waals surface area contributed by atoms with E-state index < -0.39 is 6.10 Å². The number of aliphatic hydroxyl groups is 1. The van der Waals surface area contributed by atoms with Gasteiger partial charge >= 0.3 is 0 Å². The van der Waals surface area contributed by atoms with Crippen LogP contribution in [0, 0.1) is 0 Å². The molecule has 0 aromatic carbocycles. The molecule has 0 radical (unpaired) electrons. The van der Waals surface area contributed by atoms with Gasteiger partial charge in [0, 0.05) is 56.4 Å². The first-order valence-corrected chi connectivity index (χ1v) is 11.2. The summed E-state index contributed by atoms with van der Waals surface area (Å²) in [7, 11) is 0. The number of pyridine rings is 1. The van der Waals surface area contributed by atoms with Crippen LogP contribution in [0.25, 0.3) is 21.6 Å². The number of nitrogens with one attached hydrogen (secondary N) is 1. The average Bonchev–Trinajstić information content (AvgIpc) is 3.36. The molecule has 0 aliphatic carbocycles. The number of thiophene rings is 1. The molecule has 0 unspecified atom stereocenters. The zero-order valence-corrected chi connectivity index (χ0v) is 18.0. The number of hydrogen-bond acceptors (Lipinski definition) is 6. The van der Waals surface area contributed by atoms with Gasteiger partial charge in [0.2, 0.25) is 0 Å². The molecule has 3 aromatic heterocycles. The molecule has 7 heteroatoms. The van der Waals surface area contributed by atoms with Gasteiger partial charge in [0.1, 0.15) is 5.65 Å². The van der Waals surface area contributed by atoms with E-state index in [1.807, 2.05) is 26.1 Å². The van der Waals surface area contributed by atoms with Gasteiger partial charge in [0.15, 0.2) is 0 Å². The molecule has 3 aromatic rings. The van der Waals surface area contributed by atoms with Crippen LogP contribution in [-0.2, 0) is 11.3 Å². The summed E-state index contributed by atoms with van der Waals surface area (Å²) in [5.41, 5.74) is 3.48. The second-order valence-electron chi connectivity index (χ2n) is 7.97. The fraction of sp³-hybridized carbons (Fsp3) is 0.500. The van der Waals surface area contributed by atoms with Crippen molar-refractivity contribution in [1.29, 1.82) is 0 Å². The molecule has 2 N–H and O–H groups in total. The largest absolute Gasteiger partial charge is 0.389 e. The van der Waals surface area contributed by atoms with E-state index in [4.69, 9.17) is 4.74 Å². The van der Waals surface area contributed by atoms with Crippen LogP contribution in [0.5, 0.6) is 0 Å². The third kappa shape index (κ3) is 5.05. The zero-order chi connectivity index (χ0) is 20.2. The molecule has 4 rings (SSSR count). The summed E-state index contributed by atoms with van der Waals surface area (Å²) in [5, 5.41) is 13.5. The quantitative estimate of drug-likeness (QED) is 0.593. The normalized spacial score (nSPS) is 17.4. The molecule has 1 atom stereocenters. The molecule has 29 heavy (non-hydrogen) atoms. The van der Waals surface area contributed by atoms with Crippen LogP contribution < -0.4 is 0 Å². The average molecular weight is 415 g/mol. The van der Waals surface area contributed by atoms with E-state index in [-0.39, 0.29) is 6.10 Å². The molecule has 0 amide bonds. The first kappa shape index (κ1) is 20.5. The molecule has 4 heterocycles. The Kier molecular flexibility index (Phi) is 6.62. The van der Waals surface area contributed by atoms with Crippen LogP contribution in [0.3, 0.4) is 0 Å². The predicted molar refractivity (Wildman–Crippen MR) is 118 cm³/mol. The van der Waals surface area contributed by atoms with Crippen molar-refractivity contribution in [2.75, 3.05) is 39.3 Å². The van der Waals surface area contributed by atoms with Gasteiger partial charge in [-0.15, -0.1) is 11.3 Å². The van der Waals surface area contributed by atoms with Crippen LogP contribution in [-0.4, -0.2) is 76.4 Å². The Morgan fingerprint density at radius 3 is 2.69 bits per heavy atom. The lowest BCUT2D eigenvalue weighted by Crippen LogP contribution is -2.48. The van der Waals surface area contributed by atoms with Gasteiger partial charge in [-0.1, -0.05) is 6.07 Å². The summed E-state index contributed by atoms with van der Waals surface area (Å²) in [6.07, 6.45) is 1.58. The van der Waals surface area contributed by atoms with Crippen molar-refractivity contribution in [3.8, 4) is 10.6 Å². The summed E-state index contributed by atoms with van der Waals surface area (Å²) < 4.78 is 5.53. The third-order valence-corrected chi connectivity index (χ3v) is 6.27. The fourth-order valence-electron chi connectivity index (χ4n) is 3.88. The van der Waals surface area contributed by atoms with Crippen molar-refractivity contribution in [3.63, 3.8) is 0 Å². The van der Waals surface area contributed by atoms with Crippen molar-refractivity contribution in [1.82, 2.24) is 19.8 Å². The second-order valence-corrected chi connectivity index (χ2v) is 8.92. The van der Waals surface area contributed by atoms with Gasteiger partial charge in [-0.3, -0.25) is 9.80 Å². The van der Waals surface area contributed by atoms with Crippen molar-refractivity contribution >= 4 is 22.4 Å². The Balaban J connectivity index is 1.40. The molecule has 1 fully saturated rings. The molecule has 6 nitrogen and oxygen atoms in total. The minimum absolute atomic E-state index is 0.157. The number of aromatic amines is 1. The maximum Gasteiger partial charge on any atom is 0.138 e. The highest BCUT2D eigenvalue weighted by atomic mass is 32.1. The van der Waals surface area contributed by atoms with Crippen LogP contribution in [0.4, 0.5) is 0 Å². The van der Waals surface area contributed by atoms with Crippen LogP contribution in [0.2, 0.25) is 0 Å². The highest BCUT2D eigenvalue weighted by Gasteiger charge is 2.22. The van der Waals surface area contributed by atoms with E-state index in [1.54, 1.807) is 11.3 Å². The highest BCUT2D eigenvalue weighted by Crippen LogP contribution is 2.33.